The first-order valence-electron chi connectivity index (χ1n) is 10.7. The number of rotatable bonds is 13. The van der Waals surface area contributed by atoms with Crippen molar-refractivity contribution >= 4 is 11.9 Å². The van der Waals surface area contributed by atoms with Crippen molar-refractivity contribution in [2.24, 2.45) is 0 Å². The number of hydrogen-bond donors (Lipinski definition) is 2. The van der Waals surface area contributed by atoms with E-state index in [0.717, 1.165) is 0 Å². The van der Waals surface area contributed by atoms with Gasteiger partial charge in [-0.25, -0.2) is 9.59 Å². The molecule has 0 aliphatic carbocycles. The van der Waals surface area contributed by atoms with Crippen LogP contribution in [0.1, 0.15) is 0 Å². The van der Waals surface area contributed by atoms with E-state index in [1.54, 1.807) is 0 Å². The topological polar surface area (TPSA) is 74.6 Å². The summed E-state index contributed by atoms with van der Waals surface area (Å²) in [5, 5.41) is 15.2. The van der Waals surface area contributed by atoms with Gasteiger partial charge in [-0.15, -0.1) is 0 Å². The normalized spacial score (nSPS) is 16.2. The molecule has 0 fully saturated rings. The van der Waals surface area contributed by atoms with E-state index in [9.17, 15) is 150 Å². The van der Waals surface area contributed by atoms with Crippen LogP contribution >= 0.6 is 0 Å². The number of halogens is 32. The maximum Gasteiger partial charge on any atom is 0.460 e. The van der Waals surface area contributed by atoms with Crippen LogP contribution in [0.2, 0.25) is 0 Å². The molecule has 0 atom stereocenters. The fraction of sp³-hybridized carbons (Fsp3) is 0.882. The van der Waals surface area contributed by atoms with Crippen LogP contribution in [0.25, 0.3) is 0 Å². The van der Waals surface area contributed by atoms with E-state index in [2.05, 4.69) is 0 Å². The van der Waals surface area contributed by atoms with Crippen LogP contribution in [-0.2, 0) is 9.59 Å². The molecule has 0 heterocycles. The third-order valence-electron chi connectivity index (χ3n) is 5.59. The smallest absolute Gasteiger partial charge is 0.460 e. The molecule has 0 aliphatic rings. The van der Waals surface area contributed by atoms with Gasteiger partial charge in [0.2, 0.25) is 0 Å². The molecule has 0 aliphatic heterocycles. The molecule has 2 N–H and O–H groups in total. The van der Waals surface area contributed by atoms with Crippen molar-refractivity contribution in [3.63, 3.8) is 0 Å². The minimum Gasteiger partial charge on any atom is -0.477 e. The number of hydrogen-bond acceptors (Lipinski definition) is 2. The largest absolute Gasteiger partial charge is 0.477 e. The fourth-order valence-corrected chi connectivity index (χ4v) is 2.40. The van der Waals surface area contributed by atoms with Crippen molar-refractivity contribution in [3.05, 3.63) is 0 Å². The van der Waals surface area contributed by atoms with E-state index < -0.39 is 101 Å². The lowest BCUT2D eigenvalue weighted by atomic mass is 9.89. The Kier molecular flexibility index (Phi) is 12.6. The summed E-state index contributed by atoms with van der Waals surface area (Å²) < 4.78 is 401. The Labute approximate surface area is 263 Å². The second kappa shape index (κ2) is 12.9. The molecule has 0 rings (SSSR count). The van der Waals surface area contributed by atoms with Gasteiger partial charge in [0, 0.05) is 0 Å². The number of carboxylic acids is 2. The molecule has 36 heteroatoms. The van der Waals surface area contributed by atoms with Gasteiger partial charge in [-0.3, -0.25) is 0 Å². The highest BCUT2D eigenvalue weighted by atomic mass is 19.4. The fourth-order valence-electron chi connectivity index (χ4n) is 2.40. The number of alkyl halides is 32. The zero-order valence-corrected chi connectivity index (χ0v) is 22.3. The molecule has 0 unspecified atom stereocenters. The van der Waals surface area contributed by atoms with Gasteiger partial charge < -0.3 is 10.2 Å². The number of carbonyl (C=O) groups is 2. The van der Waals surface area contributed by atoms with Crippen molar-refractivity contribution in [2.75, 3.05) is 0 Å². The minimum absolute atomic E-state index is 4.28. The highest BCUT2D eigenvalue weighted by Crippen LogP contribution is 2.65. The second-order valence-corrected chi connectivity index (χ2v) is 9.07. The lowest BCUT2D eigenvalue weighted by Gasteiger charge is -2.42. The molecule has 0 saturated heterocycles. The Hall–Kier alpha value is -3.30. The average molecular weight is 878 g/mol. The lowest BCUT2D eigenvalue weighted by molar-refractivity contribution is -0.459. The van der Waals surface area contributed by atoms with Crippen LogP contribution in [0.15, 0.2) is 0 Å². The summed E-state index contributed by atoms with van der Waals surface area (Å²) in [5.41, 5.74) is 0. The van der Waals surface area contributed by atoms with E-state index in [1.807, 2.05) is 0 Å². The van der Waals surface area contributed by atoms with E-state index in [-0.39, 0.29) is 0 Å². The molecular formula is C17H2F32O4. The Morgan fingerprint density at radius 1 is 0.226 bits per heavy atom. The molecule has 0 aromatic rings. The molecule has 0 radical (unpaired) electrons. The average Bonchev–Trinajstić information content (AvgIpc) is 2.90. The molecule has 0 aromatic heterocycles. The maximum atomic E-state index is 13.0. The summed E-state index contributed by atoms with van der Waals surface area (Å²) in [7, 11) is 0. The van der Waals surface area contributed by atoms with Gasteiger partial charge in [0.15, 0.2) is 0 Å². The van der Waals surface area contributed by atoms with Crippen LogP contribution in [-0.4, -0.2) is 111 Å². The molecule has 0 spiro atoms. The quantitative estimate of drug-likeness (QED) is 0.181. The second-order valence-electron chi connectivity index (χ2n) is 9.07. The van der Waals surface area contributed by atoms with E-state index in [1.165, 1.54) is 0 Å². The summed E-state index contributed by atoms with van der Waals surface area (Å²) >= 11 is 0. The van der Waals surface area contributed by atoms with Gasteiger partial charge in [-0.1, -0.05) is 0 Å². The molecule has 0 bridgehead atoms. The molecule has 53 heavy (non-hydrogen) atoms. The SMILES string of the molecule is O=C(O)C(F)(F)C(F)(F)C(F)(F)C(F)(F)C(F)(F)C(F)(F)C(F)(F)C(F)(F)F.O=C(O)C(F)(F)C(F)(F)C(F)(F)C(F)(F)C(F)(F)C(F)(F)C(F)(F)F. The van der Waals surface area contributed by atoms with Crippen LogP contribution in [0.3, 0.4) is 0 Å². The van der Waals surface area contributed by atoms with Crippen molar-refractivity contribution in [3.8, 4) is 0 Å². The third kappa shape index (κ3) is 6.72. The van der Waals surface area contributed by atoms with Gasteiger partial charge in [0.1, 0.15) is 0 Å². The van der Waals surface area contributed by atoms with Crippen molar-refractivity contribution in [1.29, 1.82) is 0 Å². The Bertz CT molecular complexity index is 1350. The van der Waals surface area contributed by atoms with Gasteiger partial charge in [-0.2, -0.15) is 140 Å². The van der Waals surface area contributed by atoms with Gasteiger partial charge in [-0.05, 0) is 0 Å². The summed E-state index contributed by atoms with van der Waals surface area (Å²) in [5.74, 6) is -116. The highest BCUT2D eigenvalue weighted by Gasteiger charge is 2.97. The maximum absolute atomic E-state index is 13.0. The van der Waals surface area contributed by atoms with Crippen LogP contribution in [0.5, 0.6) is 0 Å². The van der Waals surface area contributed by atoms with Crippen molar-refractivity contribution in [1.82, 2.24) is 0 Å². The van der Waals surface area contributed by atoms with Crippen LogP contribution in [0, 0.1) is 0 Å². The summed E-state index contributed by atoms with van der Waals surface area (Å²) in [6.07, 6.45) is -15.5. The Balaban J connectivity index is 0. The summed E-state index contributed by atoms with van der Waals surface area (Å²) in [6, 6.07) is 0. The molecular weight excluding hydrogens is 876 g/mol. The molecule has 318 valence electrons. The molecule has 0 saturated carbocycles. The Morgan fingerprint density at radius 3 is 0.453 bits per heavy atom. The standard InChI is InChI=1S/C9HF17O2.C8HF15O2/c10-2(11,1(27)28)3(12,13)4(14,15)5(16,17)6(18,19)7(20,21)8(22,23)9(24,25)26;9-2(10,1(24)25)3(11,12)4(13,14)5(15,16)6(17,18)7(19,20)8(21,22)23/h(H,27,28);(H,24,25). The first-order valence-corrected chi connectivity index (χ1v) is 10.7. The molecule has 0 amide bonds. The predicted molar refractivity (Wildman–Crippen MR) is 91.7 cm³/mol. The Morgan fingerprint density at radius 2 is 0.340 bits per heavy atom. The highest BCUT2D eigenvalue weighted by molar-refractivity contribution is 5.77. The molecule has 4 nitrogen and oxygen atoms in total. The lowest BCUT2D eigenvalue weighted by Crippen LogP contribution is -2.75. The first-order chi connectivity index (χ1) is 22.1. The van der Waals surface area contributed by atoms with Crippen LogP contribution in [0.4, 0.5) is 140 Å². The van der Waals surface area contributed by atoms with E-state index in [4.69, 9.17) is 10.2 Å². The summed E-state index contributed by atoms with van der Waals surface area (Å²) in [4.78, 5) is 19.5. The van der Waals surface area contributed by atoms with Gasteiger partial charge in [0.25, 0.3) is 0 Å². The summed E-state index contributed by atoms with van der Waals surface area (Å²) in [6.45, 7) is 0. The number of carboxylic acid groups (broad SMARTS) is 2. The van der Waals surface area contributed by atoms with E-state index >= 15 is 0 Å². The van der Waals surface area contributed by atoms with Gasteiger partial charge >= 0.3 is 101 Å². The minimum atomic E-state index is -8.76. The predicted octanol–water partition coefficient (Wildman–Crippen LogP) is 9.53. The van der Waals surface area contributed by atoms with Crippen molar-refractivity contribution < 1.29 is 160 Å². The van der Waals surface area contributed by atoms with E-state index in [0.29, 0.717) is 0 Å². The van der Waals surface area contributed by atoms with Gasteiger partial charge in [0.05, 0.1) is 0 Å². The molecule has 0 aromatic carbocycles. The monoisotopic (exact) mass is 878 g/mol. The number of aliphatic carboxylic acids is 2. The van der Waals surface area contributed by atoms with Crippen molar-refractivity contribution in [2.45, 2.75) is 89.3 Å². The third-order valence-corrected chi connectivity index (χ3v) is 5.59. The first kappa shape index (κ1) is 51.8. The zero-order valence-electron chi connectivity index (χ0n) is 22.3. The zero-order chi connectivity index (χ0) is 44.7. The van der Waals surface area contributed by atoms with Crippen LogP contribution < -0.4 is 0 Å².